The fraction of sp³-hybridized carbons (Fsp3) is 0.192. The van der Waals surface area contributed by atoms with Crippen LogP contribution in [0.3, 0.4) is 0 Å². The van der Waals surface area contributed by atoms with Gasteiger partial charge in [0.25, 0.3) is 0 Å². The van der Waals surface area contributed by atoms with E-state index >= 15 is 0 Å². The fourth-order valence-electron chi connectivity index (χ4n) is 3.48. The average Bonchev–Trinajstić information content (AvgIpc) is 2.79. The molecule has 0 amide bonds. The molecule has 1 heterocycles. The SMILES string of the molecule is C/C=C(\C)c1ccccc1.CNC1=CC=CC2C1=NC=CC2c1ccccc1. The van der Waals surface area contributed by atoms with Gasteiger partial charge in [-0.05, 0) is 36.6 Å². The molecule has 2 atom stereocenters. The smallest absolute Gasteiger partial charge is 0.0712 e. The molecule has 0 radical (unpaired) electrons. The quantitative estimate of drug-likeness (QED) is 0.691. The highest BCUT2D eigenvalue weighted by atomic mass is 14.9. The number of aliphatic imine (C=N–C) groups is 1. The summed E-state index contributed by atoms with van der Waals surface area (Å²) in [6.07, 6.45) is 12.7. The van der Waals surface area contributed by atoms with Gasteiger partial charge in [0, 0.05) is 25.1 Å². The molecule has 0 aromatic heterocycles. The maximum atomic E-state index is 4.53. The molecule has 2 aromatic rings. The summed E-state index contributed by atoms with van der Waals surface area (Å²) < 4.78 is 0. The van der Waals surface area contributed by atoms with Crippen LogP contribution >= 0.6 is 0 Å². The summed E-state index contributed by atoms with van der Waals surface area (Å²) >= 11 is 0. The monoisotopic (exact) mass is 368 g/mol. The van der Waals surface area contributed by atoms with Crippen LogP contribution in [0.2, 0.25) is 0 Å². The van der Waals surface area contributed by atoms with Crippen molar-refractivity contribution in [1.82, 2.24) is 5.32 Å². The minimum atomic E-state index is 0.338. The number of nitrogens with one attached hydrogen (secondary N) is 1. The summed E-state index contributed by atoms with van der Waals surface area (Å²) in [5, 5.41) is 3.22. The summed E-state index contributed by atoms with van der Waals surface area (Å²) in [6.45, 7) is 4.18. The predicted octanol–water partition coefficient (Wildman–Crippen LogP) is 6.14. The van der Waals surface area contributed by atoms with E-state index in [2.05, 4.69) is 109 Å². The minimum absolute atomic E-state index is 0.338. The zero-order valence-electron chi connectivity index (χ0n) is 16.8. The molecule has 0 saturated carbocycles. The van der Waals surface area contributed by atoms with Crippen molar-refractivity contribution >= 4 is 11.3 Å². The average molecular weight is 369 g/mol. The van der Waals surface area contributed by atoms with E-state index in [9.17, 15) is 0 Å². The molecule has 1 aliphatic carbocycles. The topological polar surface area (TPSA) is 24.4 Å². The Morgan fingerprint density at radius 2 is 1.61 bits per heavy atom. The second kappa shape index (κ2) is 9.70. The Bertz CT molecular complexity index is 915. The summed E-state index contributed by atoms with van der Waals surface area (Å²) in [5.41, 5.74) is 6.24. The van der Waals surface area contributed by atoms with Crippen molar-refractivity contribution in [3.63, 3.8) is 0 Å². The van der Waals surface area contributed by atoms with Crippen LogP contribution in [-0.4, -0.2) is 12.8 Å². The number of nitrogens with zero attached hydrogens (tertiary/aromatic N) is 1. The van der Waals surface area contributed by atoms with E-state index in [0.29, 0.717) is 11.8 Å². The van der Waals surface area contributed by atoms with E-state index in [1.807, 2.05) is 19.3 Å². The lowest BCUT2D eigenvalue weighted by atomic mass is 9.78. The van der Waals surface area contributed by atoms with Crippen LogP contribution in [0.4, 0.5) is 0 Å². The standard InChI is InChI=1S/C16H16N2.C10H12/c1-17-15-9-5-8-14-13(10-11-18-16(14)15)12-6-3-2-4-7-12;1-3-9(2)10-7-5-4-6-8-10/h2-11,13-14,17H,1H3;3-8H,1-2H3/b;9-3+. The van der Waals surface area contributed by atoms with Crippen LogP contribution in [0.5, 0.6) is 0 Å². The molecule has 1 aliphatic heterocycles. The fourth-order valence-corrected chi connectivity index (χ4v) is 3.48. The second-order valence-corrected chi connectivity index (χ2v) is 6.87. The molecule has 2 heteroatoms. The molecule has 2 aromatic carbocycles. The molecule has 0 bridgehead atoms. The van der Waals surface area contributed by atoms with Crippen molar-refractivity contribution in [2.24, 2.45) is 10.9 Å². The van der Waals surface area contributed by atoms with Crippen LogP contribution in [0.25, 0.3) is 5.57 Å². The van der Waals surface area contributed by atoms with Gasteiger partial charge in [-0.3, -0.25) is 4.99 Å². The summed E-state index contributed by atoms with van der Waals surface area (Å²) in [4.78, 5) is 4.53. The second-order valence-electron chi connectivity index (χ2n) is 6.87. The van der Waals surface area contributed by atoms with Gasteiger partial charge in [-0.15, -0.1) is 0 Å². The van der Waals surface area contributed by atoms with Crippen molar-refractivity contribution < 1.29 is 0 Å². The zero-order valence-corrected chi connectivity index (χ0v) is 16.8. The van der Waals surface area contributed by atoms with Gasteiger partial charge in [0.2, 0.25) is 0 Å². The van der Waals surface area contributed by atoms with Crippen molar-refractivity contribution in [1.29, 1.82) is 0 Å². The predicted molar refractivity (Wildman–Crippen MR) is 121 cm³/mol. The highest BCUT2D eigenvalue weighted by molar-refractivity contribution is 6.05. The molecule has 2 aliphatic rings. The first-order valence-electron chi connectivity index (χ1n) is 9.79. The Labute approximate surface area is 168 Å². The Balaban J connectivity index is 0.000000192. The number of fused-ring (bicyclic) bond motifs is 1. The summed E-state index contributed by atoms with van der Waals surface area (Å²) in [5.74, 6) is 0.719. The van der Waals surface area contributed by atoms with E-state index in [1.165, 1.54) is 16.7 Å². The van der Waals surface area contributed by atoms with Crippen LogP contribution in [-0.2, 0) is 0 Å². The molecule has 0 spiro atoms. The lowest BCUT2D eigenvalue weighted by Gasteiger charge is -2.29. The number of rotatable bonds is 3. The van der Waals surface area contributed by atoms with Crippen LogP contribution in [0.1, 0.15) is 30.9 Å². The molecular weight excluding hydrogens is 340 g/mol. The summed E-state index contributed by atoms with van der Waals surface area (Å²) in [6, 6.07) is 21.0. The third-order valence-electron chi connectivity index (χ3n) is 5.18. The van der Waals surface area contributed by atoms with Gasteiger partial charge in [-0.2, -0.15) is 0 Å². The maximum Gasteiger partial charge on any atom is 0.0712 e. The number of hydrogen-bond donors (Lipinski definition) is 1. The molecule has 4 rings (SSSR count). The highest BCUT2D eigenvalue weighted by Crippen LogP contribution is 2.34. The van der Waals surface area contributed by atoms with Gasteiger partial charge in [0.15, 0.2) is 0 Å². The van der Waals surface area contributed by atoms with Crippen LogP contribution < -0.4 is 5.32 Å². The molecular formula is C26H28N2. The molecule has 0 fully saturated rings. The zero-order chi connectivity index (χ0) is 19.8. The third-order valence-corrected chi connectivity index (χ3v) is 5.18. The van der Waals surface area contributed by atoms with Gasteiger partial charge in [0.05, 0.1) is 11.4 Å². The highest BCUT2D eigenvalue weighted by Gasteiger charge is 2.29. The van der Waals surface area contributed by atoms with E-state index in [1.54, 1.807) is 0 Å². The first-order valence-corrected chi connectivity index (χ1v) is 9.79. The van der Waals surface area contributed by atoms with Crippen LogP contribution in [0, 0.1) is 5.92 Å². The Kier molecular flexibility index (Phi) is 6.80. The molecule has 0 saturated heterocycles. The van der Waals surface area contributed by atoms with Gasteiger partial charge < -0.3 is 5.32 Å². The van der Waals surface area contributed by atoms with E-state index in [0.717, 1.165) is 11.4 Å². The Hall–Kier alpha value is -3.13. The van der Waals surface area contributed by atoms with E-state index in [-0.39, 0.29) is 0 Å². The number of benzene rings is 2. The number of hydrogen-bond acceptors (Lipinski definition) is 2. The number of allylic oxidation sites excluding steroid dienone is 7. The first kappa shape index (κ1) is 19.6. The minimum Gasteiger partial charge on any atom is -0.387 e. The normalized spacial score (nSPS) is 20.3. The van der Waals surface area contributed by atoms with Gasteiger partial charge in [-0.1, -0.05) is 85.0 Å². The van der Waals surface area contributed by atoms with Crippen molar-refractivity contribution in [2.45, 2.75) is 19.8 Å². The van der Waals surface area contributed by atoms with E-state index < -0.39 is 0 Å². The molecule has 142 valence electrons. The van der Waals surface area contributed by atoms with E-state index in [4.69, 9.17) is 0 Å². The van der Waals surface area contributed by atoms with Crippen molar-refractivity contribution in [2.75, 3.05) is 7.05 Å². The maximum absolute atomic E-state index is 4.53. The Morgan fingerprint density at radius 1 is 0.929 bits per heavy atom. The third kappa shape index (κ3) is 4.58. The Morgan fingerprint density at radius 3 is 2.25 bits per heavy atom. The molecule has 28 heavy (non-hydrogen) atoms. The molecule has 2 unspecified atom stereocenters. The molecule has 1 N–H and O–H groups in total. The van der Waals surface area contributed by atoms with Gasteiger partial charge >= 0.3 is 0 Å². The first-order chi connectivity index (χ1) is 13.7. The van der Waals surface area contributed by atoms with Gasteiger partial charge in [-0.25, -0.2) is 0 Å². The van der Waals surface area contributed by atoms with Crippen molar-refractivity contribution in [3.8, 4) is 0 Å². The largest absolute Gasteiger partial charge is 0.387 e. The van der Waals surface area contributed by atoms with Crippen LogP contribution in [0.15, 0.2) is 108 Å². The lowest BCUT2D eigenvalue weighted by Crippen LogP contribution is -2.30. The lowest BCUT2D eigenvalue weighted by molar-refractivity contribution is 0.720. The van der Waals surface area contributed by atoms with Crippen molar-refractivity contribution in [3.05, 3.63) is 114 Å². The summed E-state index contributed by atoms with van der Waals surface area (Å²) in [7, 11) is 1.94. The van der Waals surface area contributed by atoms with Gasteiger partial charge in [0.1, 0.15) is 0 Å². The molecule has 2 nitrogen and oxygen atoms in total.